The molecule has 29 heavy (non-hydrogen) atoms. The first-order valence-electron chi connectivity index (χ1n) is 9.61. The third-order valence-corrected chi connectivity index (χ3v) is 5.06. The number of nitrogens with one attached hydrogen (secondary N) is 1. The van der Waals surface area contributed by atoms with E-state index in [9.17, 15) is 9.59 Å². The number of carbonyl (C=O) groups is 2. The van der Waals surface area contributed by atoms with Crippen LogP contribution in [0.2, 0.25) is 10.0 Å². The van der Waals surface area contributed by atoms with E-state index in [1.807, 2.05) is 18.2 Å². The van der Waals surface area contributed by atoms with E-state index in [-0.39, 0.29) is 25.0 Å². The van der Waals surface area contributed by atoms with E-state index in [2.05, 4.69) is 12.2 Å². The Kier molecular flexibility index (Phi) is 9.29. The SMILES string of the molecule is CCCCNC(=O)[C@@H](C)N(Cc1ccccc1Cl)C(=O)COc1cccc(Cl)c1. The molecule has 2 rings (SSSR count). The Balaban J connectivity index is 2.12. The largest absolute Gasteiger partial charge is 0.484 e. The van der Waals surface area contributed by atoms with Crippen molar-refractivity contribution in [1.82, 2.24) is 10.2 Å². The van der Waals surface area contributed by atoms with Gasteiger partial charge in [-0.25, -0.2) is 0 Å². The van der Waals surface area contributed by atoms with Crippen molar-refractivity contribution >= 4 is 35.0 Å². The van der Waals surface area contributed by atoms with Gasteiger partial charge in [-0.2, -0.15) is 0 Å². The molecule has 2 amide bonds. The van der Waals surface area contributed by atoms with Crippen LogP contribution in [0.3, 0.4) is 0 Å². The minimum absolute atomic E-state index is 0.207. The molecule has 0 bridgehead atoms. The summed E-state index contributed by atoms with van der Waals surface area (Å²) in [6.45, 7) is 4.33. The zero-order chi connectivity index (χ0) is 21.2. The highest BCUT2D eigenvalue weighted by Gasteiger charge is 2.26. The van der Waals surface area contributed by atoms with Crippen LogP contribution in [0.5, 0.6) is 5.75 Å². The summed E-state index contributed by atoms with van der Waals surface area (Å²) in [6.07, 6.45) is 1.86. The van der Waals surface area contributed by atoms with E-state index < -0.39 is 6.04 Å². The van der Waals surface area contributed by atoms with E-state index >= 15 is 0 Å². The number of nitrogens with zero attached hydrogens (tertiary/aromatic N) is 1. The first-order valence-corrected chi connectivity index (χ1v) is 10.4. The lowest BCUT2D eigenvalue weighted by molar-refractivity contribution is -0.142. The van der Waals surface area contributed by atoms with Crippen LogP contribution in [0.1, 0.15) is 32.3 Å². The van der Waals surface area contributed by atoms with Gasteiger partial charge in [-0.15, -0.1) is 0 Å². The van der Waals surface area contributed by atoms with Crippen LogP contribution < -0.4 is 10.1 Å². The van der Waals surface area contributed by atoms with E-state index in [0.29, 0.717) is 22.3 Å². The summed E-state index contributed by atoms with van der Waals surface area (Å²) < 4.78 is 5.59. The topological polar surface area (TPSA) is 58.6 Å². The first-order chi connectivity index (χ1) is 13.9. The van der Waals surface area contributed by atoms with Crippen LogP contribution >= 0.6 is 23.2 Å². The van der Waals surface area contributed by atoms with Gasteiger partial charge >= 0.3 is 0 Å². The van der Waals surface area contributed by atoms with Crippen molar-refractivity contribution in [1.29, 1.82) is 0 Å². The maximum Gasteiger partial charge on any atom is 0.261 e. The third kappa shape index (κ3) is 7.26. The van der Waals surface area contributed by atoms with Crippen LogP contribution in [0, 0.1) is 0 Å². The smallest absolute Gasteiger partial charge is 0.261 e. The maximum absolute atomic E-state index is 12.9. The van der Waals surface area contributed by atoms with Gasteiger partial charge in [0.2, 0.25) is 5.91 Å². The zero-order valence-corrected chi connectivity index (χ0v) is 18.2. The average molecular weight is 437 g/mol. The van der Waals surface area contributed by atoms with Gasteiger partial charge in [0.1, 0.15) is 11.8 Å². The van der Waals surface area contributed by atoms with Gasteiger partial charge in [-0.05, 0) is 43.2 Å². The second-order valence-corrected chi connectivity index (χ2v) is 7.52. The van der Waals surface area contributed by atoms with Gasteiger partial charge in [0.15, 0.2) is 6.61 Å². The molecule has 0 saturated carbocycles. The number of halogens is 2. The average Bonchev–Trinajstić information content (AvgIpc) is 2.71. The fraction of sp³-hybridized carbons (Fsp3) is 0.364. The molecule has 7 heteroatoms. The molecule has 1 atom stereocenters. The predicted molar refractivity (Wildman–Crippen MR) is 116 cm³/mol. The lowest BCUT2D eigenvalue weighted by atomic mass is 10.1. The number of unbranched alkanes of at least 4 members (excludes halogenated alkanes) is 1. The summed E-state index contributed by atoms with van der Waals surface area (Å²) in [5, 5.41) is 3.94. The van der Waals surface area contributed by atoms with E-state index in [4.69, 9.17) is 27.9 Å². The van der Waals surface area contributed by atoms with Crippen molar-refractivity contribution in [3.63, 3.8) is 0 Å². The molecular formula is C22H26Cl2N2O3. The molecule has 0 aliphatic heterocycles. The molecule has 0 radical (unpaired) electrons. The highest BCUT2D eigenvalue weighted by atomic mass is 35.5. The summed E-state index contributed by atoms with van der Waals surface area (Å²) in [5.74, 6) is -0.0340. The molecular weight excluding hydrogens is 411 g/mol. The minimum Gasteiger partial charge on any atom is -0.484 e. The third-order valence-electron chi connectivity index (χ3n) is 4.45. The molecule has 0 aliphatic carbocycles. The normalized spacial score (nSPS) is 11.6. The molecule has 2 aromatic carbocycles. The number of hydrogen-bond donors (Lipinski definition) is 1. The Morgan fingerprint density at radius 2 is 1.90 bits per heavy atom. The second-order valence-electron chi connectivity index (χ2n) is 6.68. The van der Waals surface area contributed by atoms with Crippen LogP contribution in [-0.4, -0.2) is 35.9 Å². The summed E-state index contributed by atoms with van der Waals surface area (Å²) in [5.41, 5.74) is 0.762. The zero-order valence-electron chi connectivity index (χ0n) is 16.7. The lowest BCUT2D eigenvalue weighted by Crippen LogP contribution is -2.49. The van der Waals surface area contributed by atoms with Crippen molar-refractivity contribution in [3.05, 3.63) is 64.1 Å². The summed E-state index contributed by atoms with van der Waals surface area (Å²) in [6, 6.07) is 13.4. The van der Waals surface area contributed by atoms with Crippen molar-refractivity contribution in [2.75, 3.05) is 13.2 Å². The maximum atomic E-state index is 12.9. The second kappa shape index (κ2) is 11.7. The Labute approximate surface area is 181 Å². The molecule has 2 aromatic rings. The first kappa shape index (κ1) is 23.0. The summed E-state index contributed by atoms with van der Waals surface area (Å²) >= 11 is 12.2. The number of rotatable bonds is 10. The number of benzene rings is 2. The Morgan fingerprint density at radius 3 is 2.59 bits per heavy atom. The predicted octanol–water partition coefficient (Wildman–Crippen LogP) is 4.71. The Morgan fingerprint density at radius 1 is 1.14 bits per heavy atom. The standard InChI is InChI=1S/C22H26Cl2N2O3/c1-3-4-12-25-22(28)16(2)26(14-17-8-5-6-11-20(17)24)21(27)15-29-19-10-7-9-18(23)13-19/h5-11,13,16H,3-4,12,14-15H2,1-2H3,(H,25,28)/t16-/m1/s1. The van der Waals surface area contributed by atoms with Crippen LogP contribution in [0.15, 0.2) is 48.5 Å². The van der Waals surface area contributed by atoms with Gasteiger partial charge in [0.25, 0.3) is 5.91 Å². The fourth-order valence-electron chi connectivity index (χ4n) is 2.71. The van der Waals surface area contributed by atoms with E-state index in [0.717, 1.165) is 18.4 Å². The minimum atomic E-state index is -0.668. The number of hydrogen-bond acceptors (Lipinski definition) is 3. The van der Waals surface area contributed by atoms with Gasteiger partial charge < -0.3 is 15.0 Å². The monoisotopic (exact) mass is 436 g/mol. The Bertz CT molecular complexity index is 829. The molecule has 0 aliphatic rings. The number of carbonyl (C=O) groups excluding carboxylic acids is 2. The quantitative estimate of drug-likeness (QED) is 0.548. The van der Waals surface area contributed by atoms with Crippen molar-refractivity contribution in [3.8, 4) is 5.75 Å². The van der Waals surface area contributed by atoms with Gasteiger partial charge in [-0.1, -0.05) is 60.8 Å². The van der Waals surface area contributed by atoms with E-state index in [1.165, 1.54) is 4.90 Å². The number of ether oxygens (including phenoxy) is 1. The van der Waals surface area contributed by atoms with Crippen molar-refractivity contribution < 1.29 is 14.3 Å². The summed E-state index contributed by atoms with van der Waals surface area (Å²) in [4.78, 5) is 27.0. The molecule has 0 heterocycles. The van der Waals surface area contributed by atoms with Crippen LogP contribution in [0.4, 0.5) is 0 Å². The highest BCUT2D eigenvalue weighted by Crippen LogP contribution is 2.20. The highest BCUT2D eigenvalue weighted by molar-refractivity contribution is 6.31. The lowest BCUT2D eigenvalue weighted by Gasteiger charge is -2.29. The molecule has 0 aromatic heterocycles. The molecule has 0 saturated heterocycles. The van der Waals surface area contributed by atoms with Gasteiger partial charge in [-0.3, -0.25) is 9.59 Å². The van der Waals surface area contributed by atoms with Crippen LogP contribution in [-0.2, 0) is 16.1 Å². The van der Waals surface area contributed by atoms with Gasteiger partial charge in [0.05, 0.1) is 0 Å². The molecule has 1 N–H and O–H groups in total. The van der Waals surface area contributed by atoms with Crippen molar-refractivity contribution in [2.45, 2.75) is 39.3 Å². The van der Waals surface area contributed by atoms with Crippen LogP contribution in [0.25, 0.3) is 0 Å². The van der Waals surface area contributed by atoms with Gasteiger partial charge in [0, 0.05) is 23.1 Å². The molecule has 0 fully saturated rings. The summed E-state index contributed by atoms with van der Waals surface area (Å²) in [7, 11) is 0. The Hall–Kier alpha value is -2.24. The molecule has 0 unspecified atom stereocenters. The molecule has 156 valence electrons. The van der Waals surface area contributed by atoms with E-state index in [1.54, 1.807) is 37.3 Å². The van der Waals surface area contributed by atoms with Crippen molar-refractivity contribution in [2.24, 2.45) is 0 Å². The molecule has 0 spiro atoms. The molecule has 5 nitrogen and oxygen atoms in total. The number of amides is 2. The fourth-order valence-corrected chi connectivity index (χ4v) is 3.09.